The molecule has 4 nitrogen and oxygen atoms in total. The Hall–Kier alpha value is -0.710. The Bertz CT molecular complexity index is 347. The van der Waals surface area contributed by atoms with Crippen LogP contribution in [0.2, 0.25) is 0 Å². The maximum atomic E-state index is 12.3. The number of aliphatic carboxylic acids is 1. The summed E-state index contributed by atoms with van der Waals surface area (Å²) in [7, 11) is 0. The SMILES string of the molecule is CC(CS)C(=O)N(CC(=O)O)C1CC2CCC1C2. The Morgan fingerprint density at radius 3 is 2.56 bits per heavy atom. The fourth-order valence-electron chi connectivity index (χ4n) is 3.46. The molecule has 0 aliphatic heterocycles. The smallest absolute Gasteiger partial charge is 0.323 e. The monoisotopic (exact) mass is 271 g/mol. The predicted molar refractivity (Wildman–Crippen MR) is 71.6 cm³/mol. The van der Waals surface area contributed by atoms with E-state index in [2.05, 4.69) is 12.6 Å². The molecule has 2 fully saturated rings. The van der Waals surface area contributed by atoms with Gasteiger partial charge in [0.2, 0.25) is 5.91 Å². The van der Waals surface area contributed by atoms with Gasteiger partial charge in [-0.3, -0.25) is 9.59 Å². The summed E-state index contributed by atoms with van der Waals surface area (Å²) in [5.74, 6) is 0.519. The Kier molecular flexibility index (Phi) is 4.20. The van der Waals surface area contributed by atoms with E-state index in [1.165, 1.54) is 12.8 Å². The number of amides is 1. The van der Waals surface area contributed by atoms with Gasteiger partial charge in [0.25, 0.3) is 0 Å². The normalized spacial score (nSPS) is 31.3. The van der Waals surface area contributed by atoms with E-state index in [0.29, 0.717) is 17.6 Å². The molecule has 4 atom stereocenters. The molecule has 0 aromatic carbocycles. The largest absolute Gasteiger partial charge is 0.480 e. The lowest BCUT2D eigenvalue weighted by Gasteiger charge is -2.35. The second-order valence-electron chi connectivity index (χ2n) is 5.69. The third kappa shape index (κ3) is 2.66. The van der Waals surface area contributed by atoms with Crippen molar-refractivity contribution in [2.24, 2.45) is 17.8 Å². The molecule has 4 unspecified atom stereocenters. The molecule has 1 N–H and O–H groups in total. The van der Waals surface area contributed by atoms with Gasteiger partial charge < -0.3 is 10.0 Å². The van der Waals surface area contributed by atoms with Crippen LogP contribution in [0.1, 0.15) is 32.6 Å². The van der Waals surface area contributed by atoms with Crippen molar-refractivity contribution in [3.05, 3.63) is 0 Å². The van der Waals surface area contributed by atoms with E-state index in [9.17, 15) is 9.59 Å². The third-order valence-electron chi connectivity index (χ3n) is 4.39. The summed E-state index contributed by atoms with van der Waals surface area (Å²) in [6, 6.07) is 0.148. The molecule has 0 radical (unpaired) electrons. The third-order valence-corrected chi connectivity index (χ3v) is 4.93. The van der Waals surface area contributed by atoms with Crippen LogP contribution in [0.4, 0.5) is 0 Å². The number of thiol groups is 1. The van der Waals surface area contributed by atoms with Crippen LogP contribution in [0.15, 0.2) is 0 Å². The van der Waals surface area contributed by atoms with E-state index in [-0.39, 0.29) is 24.4 Å². The zero-order valence-corrected chi connectivity index (χ0v) is 11.6. The topological polar surface area (TPSA) is 57.6 Å². The molecule has 0 saturated heterocycles. The van der Waals surface area contributed by atoms with Gasteiger partial charge in [-0.1, -0.05) is 13.3 Å². The van der Waals surface area contributed by atoms with Crippen molar-refractivity contribution >= 4 is 24.5 Å². The van der Waals surface area contributed by atoms with Crippen LogP contribution in [0.25, 0.3) is 0 Å². The fraction of sp³-hybridized carbons (Fsp3) is 0.846. The van der Waals surface area contributed by atoms with Crippen LogP contribution < -0.4 is 0 Å². The molecule has 1 amide bonds. The average Bonchev–Trinajstić information content (AvgIpc) is 2.95. The van der Waals surface area contributed by atoms with Crippen LogP contribution in [-0.2, 0) is 9.59 Å². The minimum absolute atomic E-state index is 0.0510. The summed E-state index contributed by atoms with van der Waals surface area (Å²) >= 11 is 4.14. The standard InChI is InChI=1S/C13H21NO3S/c1-8(7-18)13(17)14(6-12(15)16)11-5-9-2-3-10(11)4-9/h8-11,18H,2-7H2,1H3,(H,15,16). The van der Waals surface area contributed by atoms with Crippen LogP contribution in [0.3, 0.4) is 0 Å². The van der Waals surface area contributed by atoms with Gasteiger partial charge in [-0.15, -0.1) is 0 Å². The molecular formula is C13H21NO3S. The summed E-state index contributed by atoms with van der Waals surface area (Å²) < 4.78 is 0. The van der Waals surface area contributed by atoms with E-state index in [4.69, 9.17) is 5.11 Å². The van der Waals surface area contributed by atoms with E-state index < -0.39 is 5.97 Å². The van der Waals surface area contributed by atoms with E-state index in [1.54, 1.807) is 4.90 Å². The number of fused-ring (bicyclic) bond motifs is 2. The van der Waals surface area contributed by atoms with Gasteiger partial charge in [0.1, 0.15) is 6.54 Å². The second kappa shape index (κ2) is 5.51. The number of rotatable bonds is 5. The molecule has 0 spiro atoms. The molecule has 18 heavy (non-hydrogen) atoms. The lowest BCUT2D eigenvalue weighted by atomic mass is 9.93. The highest BCUT2D eigenvalue weighted by Gasteiger charge is 2.44. The lowest BCUT2D eigenvalue weighted by Crippen LogP contribution is -2.48. The fourth-order valence-corrected chi connectivity index (χ4v) is 3.61. The molecule has 0 heterocycles. The van der Waals surface area contributed by atoms with Crippen LogP contribution in [0, 0.1) is 17.8 Å². The Balaban J connectivity index is 2.10. The molecule has 0 aromatic heterocycles. The summed E-state index contributed by atoms with van der Waals surface area (Å²) in [5.41, 5.74) is 0. The van der Waals surface area contributed by atoms with Gasteiger partial charge in [0.15, 0.2) is 0 Å². The number of hydrogen-bond donors (Lipinski definition) is 2. The molecule has 2 aliphatic rings. The van der Waals surface area contributed by atoms with Crippen LogP contribution in [0.5, 0.6) is 0 Å². The van der Waals surface area contributed by atoms with Gasteiger partial charge in [-0.2, -0.15) is 12.6 Å². The van der Waals surface area contributed by atoms with Crippen molar-refractivity contribution in [2.45, 2.75) is 38.6 Å². The minimum atomic E-state index is -0.919. The summed E-state index contributed by atoms with van der Waals surface area (Å²) in [6.07, 6.45) is 4.55. The average molecular weight is 271 g/mol. The number of carboxylic acids is 1. The summed E-state index contributed by atoms with van der Waals surface area (Å²) in [4.78, 5) is 24.9. The Morgan fingerprint density at radius 2 is 2.11 bits per heavy atom. The molecule has 2 saturated carbocycles. The first-order valence-electron chi connectivity index (χ1n) is 6.66. The van der Waals surface area contributed by atoms with Crippen LogP contribution in [-0.4, -0.2) is 40.2 Å². The zero-order valence-electron chi connectivity index (χ0n) is 10.7. The maximum Gasteiger partial charge on any atom is 0.323 e. The number of carbonyl (C=O) groups is 2. The van der Waals surface area contributed by atoms with Crippen molar-refractivity contribution in [1.82, 2.24) is 4.90 Å². The molecule has 2 aliphatic carbocycles. The van der Waals surface area contributed by atoms with Crippen molar-refractivity contribution in [2.75, 3.05) is 12.3 Å². The zero-order chi connectivity index (χ0) is 13.3. The van der Waals surface area contributed by atoms with Gasteiger partial charge >= 0.3 is 5.97 Å². The van der Waals surface area contributed by atoms with Crippen molar-refractivity contribution in [3.8, 4) is 0 Å². The van der Waals surface area contributed by atoms with Crippen molar-refractivity contribution < 1.29 is 14.7 Å². The van der Waals surface area contributed by atoms with Gasteiger partial charge in [-0.25, -0.2) is 0 Å². The van der Waals surface area contributed by atoms with Crippen molar-refractivity contribution in [1.29, 1.82) is 0 Å². The first-order chi connectivity index (χ1) is 8.52. The first-order valence-corrected chi connectivity index (χ1v) is 7.29. The minimum Gasteiger partial charge on any atom is -0.480 e. The molecule has 102 valence electrons. The first kappa shape index (κ1) is 13.7. The highest BCUT2D eigenvalue weighted by molar-refractivity contribution is 7.80. The predicted octanol–water partition coefficient (Wildman–Crippen LogP) is 1.65. The molecule has 2 bridgehead atoms. The van der Waals surface area contributed by atoms with Gasteiger partial charge in [0.05, 0.1) is 0 Å². The van der Waals surface area contributed by atoms with Gasteiger partial charge in [-0.05, 0) is 31.1 Å². The van der Waals surface area contributed by atoms with Crippen LogP contribution >= 0.6 is 12.6 Å². The second-order valence-corrected chi connectivity index (χ2v) is 6.05. The summed E-state index contributed by atoms with van der Waals surface area (Å²) in [5, 5.41) is 9.00. The number of carboxylic acid groups (broad SMARTS) is 1. The highest BCUT2D eigenvalue weighted by atomic mass is 32.1. The van der Waals surface area contributed by atoms with Gasteiger partial charge in [0, 0.05) is 17.7 Å². The van der Waals surface area contributed by atoms with E-state index in [1.807, 2.05) is 6.92 Å². The molecule has 5 heteroatoms. The number of carbonyl (C=O) groups excluding carboxylic acids is 1. The van der Waals surface area contributed by atoms with E-state index in [0.717, 1.165) is 12.8 Å². The Labute approximate surface area is 113 Å². The number of nitrogens with zero attached hydrogens (tertiary/aromatic N) is 1. The van der Waals surface area contributed by atoms with E-state index >= 15 is 0 Å². The maximum absolute atomic E-state index is 12.3. The number of hydrogen-bond acceptors (Lipinski definition) is 3. The molecule has 2 rings (SSSR count). The Morgan fingerprint density at radius 1 is 1.39 bits per heavy atom. The lowest BCUT2D eigenvalue weighted by molar-refractivity contribution is -0.148. The highest BCUT2D eigenvalue weighted by Crippen LogP contribution is 2.46. The molecular weight excluding hydrogens is 250 g/mol. The quantitative estimate of drug-likeness (QED) is 0.748. The summed E-state index contributed by atoms with van der Waals surface area (Å²) in [6.45, 7) is 1.65. The molecule has 0 aromatic rings. The van der Waals surface area contributed by atoms with Crippen molar-refractivity contribution in [3.63, 3.8) is 0 Å².